The van der Waals surface area contributed by atoms with Crippen molar-refractivity contribution in [2.45, 2.75) is 0 Å². The SMILES string of the molecule is COCCN1CCN(c2ccc(C(N)=O)c(-c3nc(-c4ccccc4Cl)cs3)c2)CC1. The van der Waals surface area contributed by atoms with Gasteiger partial charge < -0.3 is 15.4 Å². The second-order valence-corrected chi connectivity index (χ2v) is 8.70. The van der Waals surface area contributed by atoms with Crippen molar-refractivity contribution in [3.05, 3.63) is 58.4 Å². The summed E-state index contributed by atoms with van der Waals surface area (Å²) in [5.41, 5.74) is 9.64. The van der Waals surface area contributed by atoms with Crippen molar-refractivity contribution in [2.24, 2.45) is 5.73 Å². The molecule has 4 rings (SSSR count). The highest BCUT2D eigenvalue weighted by atomic mass is 35.5. The number of thiazole rings is 1. The molecule has 0 unspecified atom stereocenters. The lowest BCUT2D eigenvalue weighted by atomic mass is 10.1. The summed E-state index contributed by atoms with van der Waals surface area (Å²) in [6.45, 7) is 5.48. The van der Waals surface area contributed by atoms with Gasteiger partial charge in [-0.25, -0.2) is 4.98 Å². The third kappa shape index (κ3) is 4.91. The minimum Gasteiger partial charge on any atom is -0.383 e. The number of hydrogen-bond acceptors (Lipinski definition) is 6. The summed E-state index contributed by atoms with van der Waals surface area (Å²) in [6.07, 6.45) is 0. The lowest BCUT2D eigenvalue weighted by Crippen LogP contribution is -2.47. The number of piperazine rings is 1. The van der Waals surface area contributed by atoms with E-state index in [1.54, 1.807) is 13.2 Å². The zero-order valence-electron chi connectivity index (χ0n) is 17.4. The number of aromatic nitrogens is 1. The van der Waals surface area contributed by atoms with E-state index >= 15 is 0 Å². The number of carbonyl (C=O) groups excluding carboxylic acids is 1. The minimum atomic E-state index is -0.458. The van der Waals surface area contributed by atoms with Crippen molar-refractivity contribution in [3.8, 4) is 21.8 Å². The molecule has 0 radical (unpaired) electrons. The van der Waals surface area contributed by atoms with Crippen LogP contribution in [0.3, 0.4) is 0 Å². The van der Waals surface area contributed by atoms with Gasteiger partial charge in [-0.1, -0.05) is 29.8 Å². The second-order valence-electron chi connectivity index (χ2n) is 7.43. The standard InChI is InChI=1S/C23H25ClN4O2S/c1-30-13-12-27-8-10-28(11-9-27)16-6-7-17(22(25)29)19(14-16)23-26-21(15-31-23)18-4-2-3-5-20(18)24/h2-7,14-15H,8-13H2,1H3,(H2,25,29). The Hall–Kier alpha value is -2.45. The van der Waals surface area contributed by atoms with E-state index in [1.807, 2.05) is 41.8 Å². The molecular weight excluding hydrogens is 432 g/mol. The molecule has 2 N–H and O–H groups in total. The van der Waals surface area contributed by atoms with Gasteiger partial charge in [0.25, 0.3) is 0 Å². The quantitative estimate of drug-likeness (QED) is 0.581. The fourth-order valence-electron chi connectivity index (χ4n) is 3.76. The van der Waals surface area contributed by atoms with Gasteiger partial charge in [-0.15, -0.1) is 11.3 Å². The molecule has 0 spiro atoms. The lowest BCUT2D eigenvalue weighted by molar-refractivity contribution is 0.100. The molecule has 1 fully saturated rings. The van der Waals surface area contributed by atoms with E-state index in [0.29, 0.717) is 10.6 Å². The van der Waals surface area contributed by atoms with Gasteiger partial charge in [0.05, 0.1) is 12.3 Å². The molecule has 2 heterocycles. The predicted molar refractivity (Wildman–Crippen MR) is 127 cm³/mol. The van der Waals surface area contributed by atoms with E-state index in [0.717, 1.165) is 66.8 Å². The Bertz CT molecular complexity index is 1060. The third-order valence-corrected chi connectivity index (χ3v) is 6.71. The monoisotopic (exact) mass is 456 g/mol. The van der Waals surface area contributed by atoms with Crippen LogP contribution >= 0.6 is 22.9 Å². The minimum absolute atomic E-state index is 0.458. The van der Waals surface area contributed by atoms with Crippen molar-refractivity contribution in [3.63, 3.8) is 0 Å². The molecule has 0 bridgehead atoms. The van der Waals surface area contributed by atoms with Crippen molar-refractivity contribution in [1.82, 2.24) is 9.88 Å². The summed E-state index contributed by atoms with van der Waals surface area (Å²) in [7, 11) is 1.73. The van der Waals surface area contributed by atoms with Crippen molar-refractivity contribution in [2.75, 3.05) is 51.3 Å². The normalized spacial score (nSPS) is 14.7. The van der Waals surface area contributed by atoms with E-state index in [1.165, 1.54) is 11.3 Å². The fraction of sp³-hybridized carbons (Fsp3) is 0.304. The average molecular weight is 457 g/mol. The third-order valence-electron chi connectivity index (χ3n) is 5.50. The van der Waals surface area contributed by atoms with Crippen LogP contribution in [-0.2, 0) is 4.74 Å². The summed E-state index contributed by atoms with van der Waals surface area (Å²) in [6, 6.07) is 13.4. The van der Waals surface area contributed by atoms with Gasteiger partial charge in [0.1, 0.15) is 5.01 Å². The van der Waals surface area contributed by atoms with Crippen LogP contribution in [0.4, 0.5) is 5.69 Å². The van der Waals surface area contributed by atoms with Crippen LogP contribution in [0.15, 0.2) is 47.8 Å². The van der Waals surface area contributed by atoms with Crippen LogP contribution in [0.5, 0.6) is 0 Å². The number of methoxy groups -OCH3 is 1. The van der Waals surface area contributed by atoms with E-state index in [4.69, 9.17) is 27.1 Å². The van der Waals surface area contributed by atoms with Crippen LogP contribution < -0.4 is 10.6 Å². The molecule has 1 aromatic heterocycles. The van der Waals surface area contributed by atoms with Crippen molar-refractivity contribution >= 4 is 34.5 Å². The summed E-state index contributed by atoms with van der Waals surface area (Å²) in [4.78, 5) is 21.6. The molecule has 0 atom stereocenters. The Morgan fingerprint density at radius 2 is 1.94 bits per heavy atom. The number of anilines is 1. The molecule has 1 saturated heterocycles. The fourth-order valence-corrected chi connectivity index (χ4v) is 4.84. The lowest BCUT2D eigenvalue weighted by Gasteiger charge is -2.36. The van der Waals surface area contributed by atoms with E-state index in [9.17, 15) is 4.79 Å². The highest BCUT2D eigenvalue weighted by Crippen LogP contribution is 2.35. The number of halogens is 1. The molecule has 6 nitrogen and oxygen atoms in total. The van der Waals surface area contributed by atoms with E-state index in [-0.39, 0.29) is 0 Å². The van der Waals surface area contributed by atoms with Gasteiger partial charge in [0, 0.05) is 72.6 Å². The maximum atomic E-state index is 12.1. The number of ether oxygens (including phenoxy) is 1. The van der Waals surface area contributed by atoms with Crippen LogP contribution in [-0.4, -0.2) is 62.2 Å². The maximum Gasteiger partial charge on any atom is 0.249 e. The van der Waals surface area contributed by atoms with Crippen LogP contribution in [0.25, 0.3) is 21.8 Å². The Morgan fingerprint density at radius 1 is 1.16 bits per heavy atom. The number of primary amides is 1. The Balaban J connectivity index is 1.61. The summed E-state index contributed by atoms with van der Waals surface area (Å²) in [5, 5.41) is 3.36. The molecule has 0 saturated carbocycles. The highest BCUT2D eigenvalue weighted by molar-refractivity contribution is 7.13. The molecule has 1 aliphatic rings. The Kier molecular flexibility index (Phi) is 6.87. The van der Waals surface area contributed by atoms with Crippen LogP contribution in [0.1, 0.15) is 10.4 Å². The number of amides is 1. The van der Waals surface area contributed by atoms with Crippen molar-refractivity contribution in [1.29, 1.82) is 0 Å². The number of rotatable bonds is 7. The zero-order valence-corrected chi connectivity index (χ0v) is 19.0. The Labute approximate surface area is 191 Å². The first kappa shape index (κ1) is 21.8. The smallest absolute Gasteiger partial charge is 0.249 e. The van der Waals surface area contributed by atoms with Gasteiger partial charge in [-0.05, 0) is 24.3 Å². The average Bonchev–Trinajstić information content (AvgIpc) is 3.28. The van der Waals surface area contributed by atoms with Gasteiger partial charge in [-0.3, -0.25) is 9.69 Å². The topological polar surface area (TPSA) is 71.7 Å². The van der Waals surface area contributed by atoms with Gasteiger partial charge >= 0.3 is 0 Å². The molecule has 0 aliphatic carbocycles. The molecular formula is C23H25ClN4O2S. The first-order valence-corrected chi connectivity index (χ1v) is 11.4. The molecule has 3 aromatic rings. The predicted octanol–water partition coefficient (Wildman–Crippen LogP) is 4.00. The number of benzene rings is 2. The maximum absolute atomic E-state index is 12.1. The summed E-state index contributed by atoms with van der Waals surface area (Å²) < 4.78 is 5.18. The van der Waals surface area contributed by atoms with Gasteiger partial charge in [0.15, 0.2) is 0 Å². The number of nitrogens with two attached hydrogens (primary N) is 1. The molecule has 1 aliphatic heterocycles. The number of carbonyl (C=O) groups is 1. The molecule has 162 valence electrons. The van der Waals surface area contributed by atoms with Gasteiger partial charge in [-0.2, -0.15) is 0 Å². The highest BCUT2D eigenvalue weighted by Gasteiger charge is 2.20. The Morgan fingerprint density at radius 3 is 2.65 bits per heavy atom. The van der Waals surface area contributed by atoms with E-state index < -0.39 is 5.91 Å². The molecule has 2 aromatic carbocycles. The molecule has 8 heteroatoms. The number of hydrogen-bond donors (Lipinski definition) is 1. The summed E-state index contributed by atoms with van der Waals surface area (Å²) in [5.74, 6) is -0.458. The summed E-state index contributed by atoms with van der Waals surface area (Å²) >= 11 is 7.82. The number of nitrogens with zero attached hydrogens (tertiary/aromatic N) is 3. The van der Waals surface area contributed by atoms with Crippen LogP contribution in [0, 0.1) is 0 Å². The largest absolute Gasteiger partial charge is 0.383 e. The van der Waals surface area contributed by atoms with Crippen molar-refractivity contribution < 1.29 is 9.53 Å². The molecule has 1 amide bonds. The zero-order chi connectivity index (χ0) is 21.8. The molecule has 31 heavy (non-hydrogen) atoms. The second kappa shape index (κ2) is 9.78. The first-order chi connectivity index (χ1) is 15.1. The van der Waals surface area contributed by atoms with Crippen LogP contribution in [0.2, 0.25) is 5.02 Å². The van der Waals surface area contributed by atoms with E-state index in [2.05, 4.69) is 9.80 Å². The van der Waals surface area contributed by atoms with Gasteiger partial charge in [0.2, 0.25) is 5.91 Å². The first-order valence-electron chi connectivity index (χ1n) is 10.2.